The number of ether oxygens (including phenoxy) is 1. The molecule has 0 aliphatic heterocycles. The molecule has 0 aliphatic carbocycles. The van der Waals surface area contributed by atoms with Gasteiger partial charge in [0.2, 0.25) is 5.78 Å². The average molecular weight is 343 g/mol. The Labute approximate surface area is 144 Å². The Morgan fingerprint density at radius 2 is 1.88 bits per heavy atom. The van der Waals surface area contributed by atoms with E-state index in [1.165, 1.54) is 18.2 Å². The molecule has 130 valence electrons. The molecule has 6 heteroatoms. The maximum Gasteiger partial charge on any atom is 0.375 e. The second-order valence-corrected chi connectivity index (χ2v) is 5.31. The molecule has 0 spiro atoms. The molecule has 1 heterocycles. The van der Waals surface area contributed by atoms with E-state index in [2.05, 4.69) is 4.74 Å². The number of Topliss-reactive ketones (excluding diaryl/α,β-unsaturated/α-hetero) is 1. The van der Waals surface area contributed by atoms with Crippen molar-refractivity contribution < 1.29 is 23.5 Å². The molecule has 0 aliphatic rings. The monoisotopic (exact) mass is 343 g/mol. The summed E-state index contributed by atoms with van der Waals surface area (Å²) in [5.74, 6) is -2.64. The van der Waals surface area contributed by atoms with Gasteiger partial charge in [-0.25, -0.2) is 9.18 Å². The fraction of sp³-hybridized carbons (Fsp3) is 0.211. The van der Waals surface area contributed by atoms with Crippen LogP contribution in [0.3, 0.4) is 0 Å². The van der Waals surface area contributed by atoms with Crippen molar-refractivity contribution in [3.8, 4) is 0 Å². The molecule has 2 rings (SSSR count). The van der Waals surface area contributed by atoms with Crippen molar-refractivity contribution in [2.24, 2.45) is 0 Å². The van der Waals surface area contributed by atoms with Gasteiger partial charge in [-0.15, -0.1) is 0 Å². The van der Waals surface area contributed by atoms with Crippen LogP contribution < -0.4 is 0 Å². The Morgan fingerprint density at radius 3 is 2.56 bits per heavy atom. The maximum absolute atomic E-state index is 12.9. The Balaban J connectivity index is 1.98. The molecule has 0 unspecified atom stereocenters. The van der Waals surface area contributed by atoms with E-state index < -0.39 is 24.0 Å². The number of halogens is 1. The summed E-state index contributed by atoms with van der Waals surface area (Å²) in [5.41, 5.74) is 1.66. The van der Waals surface area contributed by atoms with Gasteiger partial charge in [-0.2, -0.15) is 0 Å². The standard InChI is InChI=1S/C19H18FNO4/c1-2-25-19(24)18(23)12-17(22)10-9-16-4-3-11-21(16)13-14-5-7-15(20)8-6-14/h3-11H,2,12-13H2,1H3/b10-9+. The van der Waals surface area contributed by atoms with E-state index in [0.717, 1.165) is 11.3 Å². The molecule has 2 aromatic rings. The van der Waals surface area contributed by atoms with Gasteiger partial charge in [-0.1, -0.05) is 12.1 Å². The zero-order valence-electron chi connectivity index (χ0n) is 13.8. The van der Waals surface area contributed by atoms with Crippen LogP contribution in [0.4, 0.5) is 4.39 Å². The summed E-state index contributed by atoms with van der Waals surface area (Å²) in [6.07, 6.45) is 4.14. The van der Waals surface area contributed by atoms with Gasteiger partial charge in [0.05, 0.1) is 13.0 Å². The molecule has 0 bridgehead atoms. The first-order valence-corrected chi connectivity index (χ1v) is 7.80. The zero-order chi connectivity index (χ0) is 18.2. The highest BCUT2D eigenvalue weighted by atomic mass is 19.1. The lowest BCUT2D eigenvalue weighted by Crippen LogP contribution is -2.19. The van der Waals surface area contributed by atoms with Crippen molar-refractivity contribution in [2.75, 3.05) is 6.61 Å². The topological polar surface area (TPSA) is 65.4 Å². The number of ketones is 2. The van der Waals surface area contributed by atoms with Crippen LogP contribution in [0.2, 0.25) is 0 Å². The molecule has 0 atom stereocenters. The number of aromatic nitrogens is 1. The van der Waals surface area contributed by atoms with Gasteiger partial charge in [-0.3, -0.25) is 9.59 Å². The van der Waals surface area contributed by atoms with Crippen LogP contribution in [0.5, 0.6) is 0 Å². The number of esters is 1. The van der Waals surface area contributed by atoms with Crippen LogP contribution in [0.15, 0.2) is 48.7 Å². The van der Waals surface area contributed by atoms with E-state index in [4.69, 9.17) is 0 Å². The molecular weight excluding hydrogens is 325 g/mol. The van der Waals surface area contributed by atoms with Crippen LogP contribution in [-0.2, 0) is 25.7 Å². The molecule has 0 fully saturated rings. The molecule has 1 aromatic carbocycles. The molecule has 5 nitrogen and oxygen atoms in total. The summed E-state index contributed by atoms with van der Waals surface area (Å²) >= 11 is 0. The lowest BCUT2D eigenvalue weighted by Gasteiger charge is -2.06. The Bertz CT molecular complexity index is 790. The average Bonchev–Trinajstić information content (AvgIpc) is 3.02. The minimum atomic E-state index is -0.996. The summed E-state index contributed by atoms with van der Waals surface area (Å²) in [5, 5.41) is 0. The fourth-order valence-electron chi connectivity index (χ4n) is 2.19. The van der Waals surface area contributed by atoms with Crippen molar-refractivity contribution >= 4 is 23.6 Å². The molecule has 0 N–H and O–H groups in total. The van der Waals surface area contributed by atoms with Gasteiger partial charge in [-0.05, 0) is 48.9 Å². The van der Waals surface area contributed by atoms with Gasteiger partial charge in [0, 0.05) is 18.4 Å². The second-order valence-electron chi connectivity index (χ2n) is 5.31. The number of hydrogen-bond donors (Lipinski definition) is 0. The van der Waals surface area contributed by atoms with Crippen molar-refractivity contribution in [3.05, 3.63) is 65.7 Å². The van der Waals surface area contributed by atoms with E-state index in [-0.39, 0.29) is 12.4 Å². The van der Waals surface area contributed by atoms with Crippen LogP contribution in [0.1, 0.15) is 24.6 Å². The highest BCUT2D eigenvalue weighted by molar-refractivity contribution is 6.37. The summed E-state index contributed by atoms with van der Waals surface area (Å²) < 4.78 is 19.4. The van der Waals surface area contributed by atoms with Crippen molar-refractivity contribution in [2.45, 2.75) is 19.9 Å². The van der Waals surface area contributed by atoms with E-state index >= 15 is 0 Å². The number of carbonyl (C=O) groups excluding carboxylic acids is 3. The van der Waals surface area contributed by atoms with Crippen LogP contribution >= 0.6 is 0 Å². The minimum absolute atomic E-state index is 0.0888. The zero-order valence-corrected chi connectivity index (χ0v) is 13.8. The van der Waals surface area contributed by atoms with Gasteiger partial charge in [0.1, 0.15) is 5.82 Å². The Morgan fingerprint density at radius 1 is 1.16 bits per heavy atom. The van der Waals surface area contributed by atoms with Crippen molar-refractivity contribution in [3.63, 3.8) is 0 Å². The fourth-order valence-corrected chi connectivity index (χ4v) is 2.19. The van der Waals surface area contributed by atoms with E-state index in [0.29, 0.717) is 6.54 Å². The summed E-state index contributed by atoms with van der Waals surface area (Å²) in [6, 6.07) is 9.77. The van der Waals surface area contributed by atoms with E-state index in [9.17, 15) is 18.8 Å². The summed E-state index contributed by atoms with van der Waals surface area (Å²) in [4.78, 5) is 34.5. The maximum atomic E-state index is 12.9. The lowest BCUT2D eigenvalue weighted by atomic mass is 10.2. The molecule has 25 heavy (non-hydrogen) atoms. The van der Waals surface area contributed by atoms with Crippen LogP contribution in [-0.4, -0.2) is 28.7 Å². The highest BCUT2D eigenvalue weighted by Gasteiger charge is 2.17. The van der Waals surface area contributed by atoms with Crippen LogP contribution in [0, 0.1) is 5.82 Å². The molecule has 0 radical (unpaired) electrons. The second kappa shape index (κ2) is 8.73. The third kappa shape index (κ3) is 5.53. The smallest absolute Gasteiger partial charge is 0.375 e. The van der Waals surface area contributed by atoms with Crippen molar-refractivity contribution in [1.29, 1.82) is 0 Å². The first-order valence-electron chi connectivity index (χ1n) is 7.80. The number of benzene rings is 1. The largest absolute Gasteiger partial charge is 0.460 e. The van der Waals surface area contributed by atoms with E-state index in [1.807, 2.05) is 16.8 Å². The minimum Gasteiger partial charge on any atom is -0.460 e. The predicted octanol–water partition coefficient (Wildman–Crippen LogP) is 2.78. The first kappa shape index (κ1) is 18.3. The number of rotatable bonds is 8. The Hall–Kier alpha value is -3.02. The predicted molar refractivity (Wildman–Crippen MR) is 90.2 cm³/mol. The summed E-state index contributed by atoms with van der Waals surface area (Å²) in [6.45, 7) is 2.19. The SMILES string of the molecule is CCOC(=O)C(=O)CC(=O)/C=C/c1cccn1Cc1ccc(F)cc1. The van der Waals surface area contributed by atoms with Gasteiger partial charge >= 0.3 is 5.97 Å². The number of nitrogens with zero attached hydrogens (tertiary/aromatic N) is 1. The highest BCUT2D eigenvalue weighted by Crippen LogP contribution is 2.11. The summed E-state index contributed by atoms with van der Waals surface area (Å²) in [7, 11) is 0. The number of hydrogen-bond acceptors (Lipinski definition) is 4. The van der Waals surface area contributed by atoms with Gasteiger partial charge in [0.15, 0.2) is 5.78 Å². The number of allylic oxidation sites excluding steroid dienone is 1. The quantitative estimate of drug-likeness (QED) is 0.320. The van der Waals surface area contributed by atoms with E-state index in [1.54, 1.807) is 31.2 Å². The van der Waals surface area contributed by atoms with Gasteiger partial charge < -0.3 is 9.30 Å². The third-order valence-corrected chi connectivity index (χ3v) is 3.41. The lowest BCUT2D eigenvalue weighted by molar-refractivity contribution is -0.154. The number of carbonyl (C=O) groups is 3. The molecular formula is C19H18FNO4. The molecule has 0 saturated heterocycles. The Kier molecular flexibility index (Phi) is 6.39. The molecule has 0 amide bonds. The van der Waals surface area contributed by atoms with Crippen molar-refractivity contribution in [1.82, 2.24) is 4.57 Å². The van der Waals surface area contributed by atoms with Crippen LogP contribution in [0.25, 0.3) is 6.08 Å². The van der Waals surface area contributed by atoms with Gasteiger partial charge in [0.25, 0.3) is 0 Å². The molecule has 0 saturated carbocycles. The normalized spacial score (nSPS) is 10.8. The first-order chi connectivity index (χ1) is 12.0. The molecule has 1 aromatic heterocycles. The third-order valence-electron chi connectivity index (χ3n) is 3.41.